The molecule has 0 fully saturated rings. The Balaban J connectivity index is 1.89. The Hall–Kier alpha value is -2.75. The van der Waals surface area contributed by atoms with Crippen LogP contribution in [0.3, 0.4) is 0 Å². The van der Waals surface area contributed by atoms with Crippen LogP contribution >= 0.6 is 0 Å². The van der Waals surface area contributed by atoms with Crippen LogP contribution in [0.25, 0.3) is 6.08 Å². The molecule has 4 nitrogen and oxygen atoms in total. The second-order valence-electron chi connectivity index (χ2n) is 5.51. The minimum absolute atomic E-state index is 0.0597. The van der Waals surface area contributed by atoms with Gasteiger partial charge in [0.05, 0.1) is 13.2 Å². The van der Waals surface area contributed by atoms with Crippen molar-refractivity contribution in [2.24, 2.45) is 0 Å². The van der Waals surface area contributed by atoms with Gasteiger partial charge in [-0.3, -0.25) is 0 Å². The molecule has 2 N–H and O–H groups in total. The molecule has 0 aromatic heterocycles. The molecule has 0 aliphatic rings. The summed E-state index contributed by atoms with van der Waals surface area (Å²) in [4.78, 5) is 12.0. The molecule has 126 valence electrons. The summed E-state index contributed by atoms with van der Waals surface area (Å²) in [7, 11) is 1.62. The van der Waals surface area contributed by atoms with Crippen molar-refractivity contribution in [3.05, 3.63) is 71.4 Å². The van der Waals surface area contributed by atoms with E-state index in [1.807, 2.05) is 31.2 Å². The lowest BCUT2D eigenvalue weighted by Crippen LogP contribution is -2.34. The van der Waals surface area contributed by atoms with Gasteiger partial charge in [-0.15, -0.1) is 0 Å². The fourth-order valence-corrected chi connectivity index (χ4v) is 2.37. The minimum Gasteiger partial charge on any atom is -0.496 e. The molecule has 2 aromatic rings. The van der Waals surface area contributed by atoms with Crippen molar-refractivity contribution < 1.29 is 9.53 Å². The van der Waals surface area contributed by atoms with Crippen LogP contribution in [0.2, 0.25) is 0 Å². The molecule has 0 aliphatic carbocycles. The Bertz CT molecular complexity index is 693. The van der Waals surface area contributed by atoms with Crippen LogP contribution < -0.4 is 15.4 Å². The van der Waals surface area contributed by atoms with Crippen LogP contribution in [-0.4, -0.2) is 13.1 Å². The van der Waals surface area contributed by atoms with Gasteiger partial charge in [-0.1, -0.05) is 49.4 Å². The summed E-state index contributed by atoms with van der Waals surface area (Å²) in [6.07, 6.45) is 4.43. The first kappa shape index (κ1) is 17.6. The van der Waals surface area contributed by atoms with E-state index in [0.29, 0.717) is 0 Å². The predicted molar refractivity (Wildman–Crippen MR) is 97.9 cm³/mol. The quantitative estimate of drug-likeness (QED) is 0.833. The van der Waals surface area contributed by atoms with Gasteiger partial charge in [-0.05, 0) is 36.6 Å². The van der Waals surface area contributed by atoms with Gasteiger partial charge in [0.1, 0.15) is 5.75 Å². The lowest BCUT2D eigenvalue weighted by molar-refractivity contribution is 0.241. The van der Waals surface area contributed by atoms with Gasteiger partial charge in [-0.2, -0.15) is 0 Å². The van der Waals surface area contributed by atoms with E-state index in [2.05, 4.69) is 41.8 Å². The Morgan fingerprint density at radius 2 is 1.88 bits per heavy atom. The van der Waals surface area contributed by atoms with Crippen molar-refractivity contribution in [3.63, 3.8) is 0 Å². The van der Waals surface area contributed by atoms with E-state index in [1.165, 1.54) is 5.56 Å². The zero-order valence-electron chi connectivity index (χ0n) is 14.4. The maximum absolute atomic E-state index is 12.0. The van der Waals surface area contributed by atoms with Gasteiger partial charge in [0, 0.05) is 11.8 Å². The molecule has 1 unspecified atom stereocenters. The molecule has 0 saturated heterocycles. The maximum atomic E-state index is 12.0. The summed E-state index contributed by atoms with van der Waals surface area (Å²) < 4.78 is 5.26. The normalized spacial score (nSPS) is 12.0. The number of carbonyl (C=O) groups is 1. The number of para-hydroxylation sites is 1. The van der Waals surface area contributed by atoms with Crippen molar-refractivity contribution in [1.82, 2.24) is 10.6 Å². The average Bonchev–Trinajstić information content (AvgIpc) is 2.62. The van der Waals surface area contributed by atoms with E-state index in [4.69, 9.17) is 4.74 Å². The molecule has 0 radical (unpaired) electrons. The van der Waals surface area contributed by atoms with E-state index in [0.717, 1.165) is 23.3 Å². The Morgan fingerprint density at radius 3 is 2.54 bits per heavy atom. The molecular formula is C20H24N2O2. The summed E-state index contributed by atoms with van der Waals surface area (Å²) in [6.45, 7) is 4.09. The summed E-state index contributed by atoms with van der Waals surface area (Å²) in [5.41, 5.74) is 3.27. The Labute approximate surface area is 143 Å². The highest BCUT2D eigenvalue weighted by atomic mass is 16.5. The maximum Gasteiger partial charge on any atom is 0.319 e. The van der Waals surface area contributed by atoms with Crippen LogP contribution in [0.15, 0.2) is 54.7 Å². The zero-order chi connectivity index (χ0) is 17.4. The second kappa shape index (κ2) is 8.77. The van der Waals surface area contributed by atoms with Crippen LogP contribution in [0.1, 0.15) is 36.6 Å². The number of benzene rings is 2. The molecule has 24 heavy (non-hydrogen) atoms. The van der Waals surface area contributed by atoms with Crippen LogP contribution in [-0.2, 0) is 6.42 Å². The monoisotopic (exact) mass is 324 g/mol. The molecule has 1 atom stereocenters. The van der Waals surface area contributed by atoms with Gasteiger partial charge in [0.15, 0.2) is 0 Å². The van der Waals surface area contributed by atoms with Crippen molar-refractivity contribution in [3.8, 4) is 5.75 Å². The van der Waals surface area contributed by atoms with Gasteiger partial charge in [0.2, 0.25) is 0 Å². The van der Waals surface area contributed by atoms with Crippen molar-refractivity contribution in [1.29, 1.82) is 0 Å². The number of rotatable bonds is 6. The van der Waals surface area contributed by atoms with E-state index >= 15 is 0 Å². The van der Waals surface area contributed by atoms with Crippen molar-refractivity contribution >= 4 is 12.1 Å². The highest BCUT2D eigenvalue weighted by Gasteiger charge is 2.08. The second-order valence-corrected chi connectivity index (χ2v) is 5.51. The number of hydrogen-bond donors (Lipinski definition) is 2. The standard InChI is InChI=1S/C20H24N2O2/c1-4-16-9-11-17(12-10-16)15(2)22-20(23)21-14-13-18-7-5-6-8-19(18)24-3/h5-15H,4H2,1-3H3,(H2,21,22,23)/b14-13+. The number of hydrogen-bond acceptors (Lipinski definition) is 2. The number of amides is 2. The first-order chi connectivity index (χ1) is 11.6. The van der Waals surface area contributed by atoms with Crippen molar-refractivity contribution in [2.45, 2.75) is 26.3 Å². The van der Waals surface area contributed by atoms with Gasteiger partial charge in [0.25, 0.3) is 0 Å². The molecule has 0 saturated carbocycles. The summed E-state index contributed by atoms with van der Waals surface area (Å²) in [5, 5.41) is 5.64. The third-order valence-corrected chi connectivity index (χ3v) is 3.85. The first-order valence-corrected chi connectivity index (χ1v) is 8.09. The number of methoxy groups -OCH3 is 1. The number of urea groups is 1. The molecule has 0 spiro atoms. The Kier molecular flexibility index (Phi) is 6.43. The molecule has 0 aliphatic heterocycles. The predicted octanol–water partition coefficient (Wildman–Crippen LogP) is 4.29. The average molecular weight is 324 g/mol. The highest BCUT2D eigenvalue weighted by Crippen LogP contribution is 2.18. The SMILES string of the molecule is CCc1ccc(C(C)NC(=O)N/C=C/c2ccccc2OC)cc1. The summed E-state index contributed by atoms with van der Waals surface area (Å²) >= 11 is 0. The largest absolute Gasteiger partial charge is 0.496 e. The van der Waals surface area contributed by atoms with E-state index < -0.39 is 0 Å². The van der Waals surface area contributed by atoms with Crippen molar-refractivity contribution in [2.75, 3.05) is 7.11 Å². The topological polar surface area (TPSA) is 50.4 Å². The van der Waals surface area contributed by atoms with Gasteiger partial charge < -0.3 is 15.4 Å². The molecule has 0 bridgehead atoms. The van der Waals surface area contributed by atoms with E-state index in [1.54, 1.807) is 19.4 Å². The molecule has 2 amide bonds. The summed E-state index contributed by atoms with van der Waals surface area (Å²) in [6, 6.07) is 15.6. The van der Waals surface area contributed by atoms with Gasteiger partial charge >= 0.3 is 6.03 Å². The smallest absolute Gasteiger partial charge is 0.319 e. The van der Waals surface area contributed by atoms with Crippen LogP contribution in [0.5, 0.6) is 5.75 Å². The van der Waals surface area contributed by atoms with E-state index in [-0.39, 0.29) is 12.1 Å². The molecule has 4 heteroatoms. The summed E-state index contributed by atoms with van der Waals surface area (Å²) in [5.74, 6) is 0.764. The third kappa shape index (κ3) is 4.88. The van der Waals surface area contributed by atoms with Crippen LogP contribution in [0.4, 0.5) is 4.79 Å². The molecule has 2 aromatic carbocycles. The lowest BCUT2D eigenvalue weighted by Gasteiger charge is -2.14. The molecule has 0 heterocycles. The number of carbonyl (C=O) groups excluding carboxylic acids is 1. The van der Waals surface area contributed by atoms with E-state index in [9.17, 15) is 4.79 Å². The third-order valence-electron chi connectivity index (χ3n) is 3.85. The zero-order valence-corrected chi connectivity index (χ0v) is 14.4. The lowest BCUT2D eigenvalue weighted by atomic mass is 10.1. The molecular weight excluding hydrogens is 300 g/mol. The number of nitrogens with one attached hydrogen (secondary N) is 2. The van der Waals surface area contributed by atoms with Gasteiger partial charge in [-0.25, -0.2) is 4.79 Å². The minimum atomic E-state index is -0.242. The molecule has 2 rings (SSSR count). The fourth-order valence-electron chi connectivity index (χ4n) is 2.37. The number of aryl methyl sites for hydroxylation is 1. The fraction of sp³-hybridized carbons (Fsp3) is 0.250. The Morgan fingerprint density at radius 1 is 1.17 bits per heavy atom. The highest BCUT2D eigenvalue weighted by molar-refractivity contribution is 5.76. The van der Waals surface area contributed by atoms with Crippen LogP contribution in [0, 0.1) is 0 Å². The first-order valence-electron chi connectivity index (χ1n) is 8.09. The number of ether oxygens (including phenoxy) is 1.